The van der Waals surface area contributed by atoms with E-state index in [1.807, 2.05) is 0 Å². The molecule has 2 aliphatic heterocycles. The third kappa shape index (κ3) is 2.76. The number of fused-ring (bicyclic) bond motifs is 1. The van der Waals surface area contributed by atoms with Crippen molar-refractivity contribution in [1.29, 1.82) is 0 Å². The molecule has 0 aromatic carbocycles. The van der Waals surface area contributed by atoms with Crippen molar-refractivity contribution in [2.45, 2.75) is 57.7 Å². The van der Waals surface area contributed by atoms with Gasteiger partial charge in [-0.05, 0) is 32.4 Å². The fraction of sp³-hybridized carbons (Fsp3) is 1.00. The Balaban J connectivity index is 1.87. The highest BCUT2D eigenvalue weighted by molar-refractivity contribution is 4.89. The van der Waals surface area contributed by atoms with Crippen LogP contribution in [0.4, 0.5) is 0 Å². The molecule has 2 fully saturated rings. The smallest absolute Gasteiger partial charge is 0.0855 e. The molecule has 0 bridgehead atoms. The number of nitrogens with one attached hydrogen (secondary N) is 1. The van der Waals surface area contributed by atoms with Crippen LogP contribution in [-0.4, -0.2) is 49.3 Å². The Morgan fingerprint density at radius 3 is 3.06 bits per heavy atom. The highest BCUT2D eigenvalue weighted by Crippen LogP contribution is 2.24. The van der Waals surface area contributed by atoms with Gasteiger partial charge in [-0.2, -0.15) is 0 Å². The van der Waals surface area contributed by atoms with Crippen LogP contribution in [0, 0.1) is 0 Å². The first kappa shape index (κ1) is 12.3. The van der Waals surface area contributed by atoms with Crippen LogP contribution in [0.5, 0.6) is 0 Å². The molecule has 3 heteroatoms. The maximum Gasteiger partial charge on any atom is 0.0855 e. The lowest BCUT2D eigenvalue weighted by Crippen LogP contribution is -2.54. The van der Waals surface area contributed by atoms with Crippen molar-refractivity contribution in [3.63, 3.8) is 0 Å². The second-order valence-electron chi connectivity index (χ2n) is 5.12. The predicted octanol–water partition coefficient (Wildman–Crippen LogP) is 1.63. The normalized spacial score (nSPS) is 32.6. The molecule has 3 unspecified atom stereocenters. The van der Waals surface area contributed by atoms with E-state index in [0.717, 1.165) is 25.7 Å². The van der Waals surface area contributed by atoms with Gasteiger partial charge in [0, 0.05) is 18.6 Å². The molecular formula is C13H26N2O. The second-order valence-corrected chi connectivity index (χ2v) is 5.12. The van der Waals surface area contributed by atoms with Gasteiger partial charge in [0.2, 0.25) is 0 Å². The number of hydrogen-bond acceptors (Lipinski definition) is 3. The van der Waals surface area contributed by atoms with Crippen molar-refractivity contribution in [2.75, 3.05) is 26.2 Å². The molecule has 2 rings (SSSR count). The molecule has 3 nitrogen and oxygen atoms in total. The van der Waals surface area contributed by atoms with Crippen LogP contribution in [0.25, 0.3) is 0 Å². The van der Waals surface area contributed by atoms with Gasteiger partial charge in [0.05, 0.1) is 12.7 Å². The Morgan fingerprint density at radius 1 is 1.44 bits per heavy atom. The van der Waals surface area contributed by atoms with E-state index in [9.17, 15) is 0 Å². The molecule has 94 valence electrons. The molecule has 2 heterocycles. The first-order chi connectivity index (χ1) is 7.85. The Kier molecular flexibility index (Phi) is 4.62. The summed E-state index contributed by atoms with van der Waals surface area (Å²) in [7, 11) is 0. The first-order valence-electron chi connectivity index (χ1n) is 6.94. The molecule has 0 spiro atoms. The van der Waals surface area contributed by atoms with Crippen molar-refractivity contribution >= 4 is 0 Å². The zero-order valence-electron chi connectivity index (χ0n) is 10.7. The third-order valence-corrected chi connectivity index (χ3v) is 3.93. The highest BCUT2D eigenvalue weighted by Gasteiger charge is 2.35. The van der Waals surface area contributed by atoms with Crippen LogP contribution in [0.15, 0.2) is 0 Å². The van der Waals surface area contributed by atoms with Crippen LogP contribution in [0.2, 0.25) is 0 Å². The van der Waals surface area contributed by atoms with Crippen LogP contribution in [0.3, 0.4) is 0 Å². The van der Waals surface area contributed by atoms with Crippen LogP contribution in [-0.2, 0) is 4.74 Å². The van der Waals surface area contributed by atoms with Gasteiger partial charge in [0.1, 0.15) is 0 Å². The highest BCUT2D eigenvalue weighted by atomic mass is 16.5. The second kappa shape index (κ2) is 5.99. The van der Waals surface area contributed by atoms with E-state index in [4.69, 9.17) is 4.74 Å². The van der Waals surface area contributed by atoms with Crippen molar-refractivity contribution in [3.05, 3.63) is 0 Å². The lowest BCUT2D eigenvalue weighted by molar-refractivity contribution is -0.0654. The number of nitrogens with zero attached hydrogens (tertiary/aromatic N) is 1. The quantitative estimate of drug-likeness (QED) is 0.771. The van der Waals surface area contributed by atoms with E-state index in [1.165, 1.54) is 32.2 Å². The Bertz CT molecular complexity index is 204. The number of rotatable bonds is 5. The minimum atomic E-state index is 0.411. The molecule has 2 saturated heterocycles. The summed E-state index contributed by atoms with van der Waals surface area (Å²) in [6.07, 6.45) is 5.58. The van der Waals surface area contributed by atoms with Crippen molar-refractivity contribution in [2.24, 2.45) is 0 Å². The maximum absolute atomic E-state index is 6.05. The zero-order valence-corrected chi connectivity index (χ0v) is 10.7. The molecule has 0 aromatic heterocycles. The Morgan fingerprint density at radius 2 is 2.31 bits per heavy atom. The molecule has 0 radical (unpaired) electrons. The molecule has 0 aliphatic carbocycles. The third-order valence-electron chi connectivity index (χ3n) is 3.93. The molecule has 3 atom stereocenters. The minimum Gasteiger partial charge on any atom is -0.374 e. The molecular weight excluding hydrogens is 200 g/mol. The summed E-state index contributed by atoms with van der Waals surface area (Å²) >= 11 is 0. The van der Waals surface area contributed by atoms with Gasteiger partial charge in [-0.3, -0.25) is 4.90 Å². The van der Waals surface area contributed by atoms with Crippen LogP contribution in [0.1, 0.15) is 39.5 Å². The van der Waals surface area contributed by atoms with E-state index in [1.54, 1.807) is 0 Å². The monoisotopic (exact) mass is 226 g/mol. The predicted molar refractivity (Wildman–Crippen MR) is 66.7 cm³/mol. The topological polar surface area (TPSA) is 24.5 Å². The average molecular weight is 226 g/mol. The maximum atomic E-state index is 6.05. The molecule has 0 saturated carbocycles. The summed E-state index contributed by atoms with van der Waals surface area (Å²) in [5.41, 5.74) is 0. The van der Waals surface area contributed by atoms with Crippen molar-refractivity contribution < 1.29 is 4.74 Å². The minimum absolute atomic E-state index is 0.411. The van der Waals surface area contributed by atoms with Gasteiger partial charge in [0.25, 0.3) is 0 Å². The number of morpholine rings is 1. The summed E-state index contributed by atoms with van der Waals surface area (Å²) in [4.78, 5) is 2.63. The SMILES string of the molecule is CCCC(NCC)C1CN2CCCC2CO1. The molecule has 1 N–H and O–H groups in total. The number of hydrogen-bond donors (Lipinski definition) is 1. The van der Waals surface area contributed by atoms with E-state index >= 15 is 0 Å². The molecule has 0 aromatic rings. The first-order valence-corrected chi connectivity index (χ1v) is 6.94. The molecule has 16 heavy (non-hydrogen) atoms. The summed E-state index contributed by atoms with van der Waals surface area (Å²) in [6, 6.07) is 1.27. The lowest BCUT2D eigenvalue weighted by atomic mass is 10.0. The van der Waals surface area contributed by atoms with Gasteiger partial charge < -0.3 is 10.1 Å². The summed E-state index contributed by atoms with van der Waals surface area (Å²) in [5.74, 6) is 0. The standard InChI is InChI=1S/C13H26N2O/c1-3-6-12(14-4-2)13-9-15-8-5-7-11(15)10-16-13/h11-14H,3-10H2,1-2H3. The van der Waals surface area contributed by atoms with E-state index < -0.39 is 0 Å². The van der Waals surface area contributed by atoms with Gasteiger partial charge in [-0.1, -0.05) is 20.3 Å². The van der Waals surface area contributed by atoms with E-state index in [2.05, 4.69) is 24.1 Å². The van der Waals surface area contributed by atoms with Crippen LogP contribution < -0.4 is 5.32 Å². The van der Waals surface area contributed by atoms with E-state index in [-0.39, 0.29) is 0 Å². The van der Waals surface area contributed by atoms with Gasteiger partial charge in [-0.15, -0.1) is 0 Å². The van der Waals surface area contributed by atoms with E-state index in [0.29, 0.717) is 12.1 Å². The Hall–Kier alpha value is -0.120. The molecule has 2 aliphatic rings. The summed E-state index contributed by atoms with van der Waals surface area (Å²) in [6.45, 7) is 8.87. The largest absolute Gasteiger partial charge is 0.374 e. The summed E-state index contributed by atoms with van der Waals surface area (Å²) in [5, 5.41) is 3.58. The van der Waals surface area contributed by atoms with Gasteiger partial charge in [0.15, 0.2) is 0 Å². The lowest BCUT2D eigenvalue weighted by Gasteiger charge is -2.39. The zero-order chi connectivity index (χ0) is 11.4. The van der Waals surface area contributed by atoms with Gasteiger partial charge in [-0.25, -0.2) is 0 Å². The Labute approximate surface area is 99.5 Å². The average Bonchev–Trinajstić information content (AvgIpc) is 2.75. The number of ether oxygens (including phenoxy) is 1. The fourth-order valence-electron chi connectivity index (χ4n) is 3.08. The van der Waals surface area contributed by atoms with Crippen molar-refractivity contribution in [1.82, 2.24) is 10.2 Å². The molecule has 0 amide bonds. The van der Waals surface area contributed by atoms with Gasteiger partial charge >= 0.3 is 0 Å². The van der Waals surface area contributed by atoms with Crippen LogP contribution >= 0.6 is 0 Å². The number of likely N-dealkylation sites (N-methyl/N-ethyl adjacent to an activating group) is 1. The summed E-state index contributed by atoms with van der Waals surface area (Å²) < 4.78 is 6.05. The van der Waals surface area contributed by atoms with Crippen molar-refractivity contribution in [3.8, 4) is 0 Å². The fourth-order valence-corrected chi connectivity index (χ4v) is 3.08.